The quantitative estimate of drug-likeness (QED) is 0.657. The van der Waals surface area contributed by atoms with Gasteiger partial charge in [0.05, 0.1) is 6.61 Å². The van der Waals surface area contributed by atoms with E-state index in [4.69, 9.17) is 9.47 Å². The van der Waals surface area contributed by atoms with Crippen molar-refractivity contribution in [2.24, 2.45) is 5.41 Å². The zero-order valence-electron chi connectivity index (χ0n) is 10.3. The third kappa shape index (κ3) is 4.49. The first kappa shape index (κ1) is 12.9. The van der Waals surface area contributed by atoms with Crippen LogP contribution < -0.4 is 5.32 Å². The van der Waals surface area contributed by atoms with Gasteiger partial charge in [0.15, 0.2) is 0 Å². The Morgan fingerprint density at radius 1 is 1.47 bits per heavy atom. The van der Waals surface area contributed by atoms with Crippen molar-refractivity contribution >= 4 is 0 Å². The number of hydrogen-bond donors (Lipinski definition) is 1. The van der Waals surface area contributed by atoms with Crippen LogP contribution in [0.4, 0.5) is 0 Å². The molecule has 0 amide bonds. The van der Waals surface area contributed by atoms with Crippen molar-refractivity contribution in [3.8, 4) is 0 Å². The highest BCUT2D eigenvalue weighted by molar-refractivity contribution is 4.85. The zero-order valence-corrected chi connectivity index (χ0v) is 10.3. The molecule has 1 N–H and O–H groups in total. The van der Waals surface area contributed by atoms with E-state index in [2.05, 4.69) is 19.2 Å². The fourth-order valence-electron chi connectivity index (χ4n) is 2.09. The molecule has 3 nitrogen and oxygen atoms in total. The third-order valence-corrected chi connectivity index (χ3v) is 3.13. The molecule has 90 valence electrons. The van der Waals surface area contributed by atoms with Crippen LogP contribution in [0.1, 0.15) is 33.1 Å². The van der Waals surface area contributed by atoms with Gasteiger partial charge in [0.25, 0.3) is 0 Å². The van der Waals surface area contributed by atoms with Gasteiger partial charge in [-0.05, 0) is 19.3 Å². The van der Waals surface area contributed by atoms with Gasteiger partial charge in [-0.25, -0.2) is 0 Å². The van der Waals surface area contributed by atoms with Gasteiger partial charge in [0.1, 0.15) is 0 Å². The molecule has 0 aromatic heterocycles. The smallest absolute Gasteiger partial charge is 0.0535 e. The van der Waals surface area contributed by atoms with Crippen LogP contribution in [0.15, 0.2) is 0 Å². The molecule has 0 spiro atoms. The minimum Gasteiger partial charge on any atom is -0.385 e. The molecule has 1 atom stereocenters. The number of hydrogen-bond acceptors (Lipinski definition) is 3. The van der Waals surface area contributed by atoms with E-state index >= 15 is 0 Å². The monoisotopic (exact) mass is 215 g/mol. The van der Waals surface area contributed by atoms with Gasteiger partial charge >= 0.3 is 0 Å². The second-order valence-electron chi connectivity index (χ2n) is 4.93. The van der Waals surface area contributed by atoms with Crippen molar-refractivity contribution in [3.63, 3.8) is 0 Å². The highest BCUT2D eigenvalue weighted by Crippen LogP contribution is 2.33. The van der Waals surface area contributed by atoms with E-state index in [1.165, 1.54) is 12.8 Å². The van der Waals surface area contributed by atoms with Gasteiger partial charge in [0, 0.05) is 38.3 Å². The Hall–Kier alpha value is -0.120. The summed E-state index contributed by atoms with van der Waals surface area (Å²) < 4.78 is 10.7. The van der Waals surface area contributed by atoms with Crippen molar-refractivity contribution in [1.29, 1.82) is 0 Å². The second-order valence-corrected chi connectivity index (χ2v) is 4.93. The van der Waals surface area contributed by atoms with E-state index in [1.807, 2.05) is 0 Å². The summed E-state index contributed by atoms with van der Waals surface area (Å²) in [4.78, 5) is 0. The molecular weight excluding hydrogens is 190 g/mol. The maximum atomic E-state index is 5.54. The topological polar surface area (TPSA) is 30.5 Å². The number of ether oxygens (including phenoxy) is 2. The molecule has 15 heavy (non-hydrogen) atoms. The van der Waals surface area contributed by atoms with E-state index in [-0.39, 0.29) is 0 Å². The van der Waals surface area contributed by atoms with Crippen molar-refractivity contribution in [1.82, 2.24) is 5.32 Å². The fourth-order valence-corrected chi connectivity index (χ4v) is 2.09. The highest BCUT2D eigenvalue weighted by atomic mass is 16.5. The average molecular weight is 215 g/mol. The molecule has 1 unspecified atom stereocenters. The summed E-state index contributed by atoms with van der Waals surface area (Å²) in [6.07, 6.45) is 3.54. The Labute approximate surface area is 93.5 Å². The number of rotatable bonds is 7. The second kappa shape index (κ2) is 6.46. The lowest BCUT2D eigenvalue weighted by molar-refractivity contribution is 0.126. The van der Waals surface area contributed by atoms with Crippen LogP contribution in [-0.4, -0.2) is 39.5 Å². The first-order chi connectivity index (χ1) is 7.18. The summed E-state index contributed by atoms with van der Waals surface area (Å²) in [6, 6.07) is 0.560. The van der Waals surface area contributed by atoms with Gasteiger partial charge in [-0.2, -0.15) is 0 Å². The van der Waals surface area contributed by atoms with Gasteiger partial charge in [-0.15, -0.1) is 0 Å². The standard InChI is InChI=1S/C12H25NO2/c1-11(2)13-9-12(5-4-7-14-3)6-8-15-10-12/h11,13H,4-10H2,1-3H3. The maximum absolute atomic E-state index is 5.54. The molecule has 0 aromatic rings. The van der Waals surface area contributed by atoms with Gasteiger partial charge in [0.2, 0.25) is 0 Å². The zero-order chi connectivity index (χ0) is 11.1. The molecule has 1 aliphatic rings. The predicted octanol–water partition coefficient (Wildman–Crippen LogP) is 1.82. The lowest BCUT2D eigenvalue weighted by Crippen LogP contribution is -2.38. The Balaban J connectivity index is 2.32. The summed E-state index contributed by atoms with van der Waals surface area (Å²) in [5, 5.41) is 3.53. The van der Waals surface area contributed by atoms with Crippen molar-refractivity contribution in [2.75, 3.05) is 33.5 Å². The van der Waals surface area contributed by atoms with E-state index in [0.717, 1.165) is 32.8 Å². The third-order valence-electron chi connectivity index (χ3n) is 3.13. The molecule has 1 saturated heterocycles. The van der Waals surface area contributed by atoms with Crippen LogP contribution in [-0.2, 0) is 9.47 Å². The van der Waals surface area contributed by atoms with Crippen molar-refractivity contribution in [3.05, 3.63) is 0 Å². The van der Waals surface area contributed by atoms with E-state index in [9.17, 15) is 0 Å². The summed E-state index contributed by atoms with van der Waals surface area (Å²) in [6.45, 7) is 8.17. The minimum atomic E-state index is 0.364. The van der Waals surface area contributed by atoms with E-state index in [1.54, 1.807) is 7.11 Å². The van der Waals surface area contributed by atoms with E-state index < -0.39 is 0 Å². The average Bonchev–Trinajstić information content (AvgIpc) is 2.65. The lowest BCUT2D eigenvalue weighted by Gasteiger charge is -2.28. The summed E-state index contributed by atoms with van der Waals surface area (Å²) in [5.74, 6) is 0. The molecular formula is C12H25NO2. The Bertz CT molecular complexity index is 165. The molecule has 1 fully saturated rings. The van der Waals surface area contributed by atoms with Crippen molar-refractivity contribution < 1.29 is 9.47 Å². The van der Waals surface area contributed by atoms with Crippen molar-refractivity contribution in [2.45, 2.75) is 39.2 Å². The van der Waals surface area contributed by atoms with E-state index in [0.29, 0.717) is 11.5 Å². The first-order valence-electron chi connectivity index (χ1n) is 5.99. The molecule has 1 heterocycles. The van der Waals surface area contributed by atoms with Gasteiger partial charge in [-0.3, -0.25) is 0 Å². The normalized spacial score (nSPS) is 26.4. The Morgan fingerprint density at radius 2 is 2.27 bits per heavy atom. The molecule has 3 heteroatoms. The molecule has 0 aromatic carbocycles. The SMILES string of the molecule is COCCCC1(CNC(C)C)CCOC1. The van der Waals surface area contributed by atoms with Crippen LogP contribution in [0.5, 0.6) is 0 Å². The van der Waals surface area contributed by atoms with Crippen LogP contribution >= 0.6 is 0 Å². The van der Waals surface area contributed by atoms with Crippen LogP contribution in [0.2, 0.25) is 0 Å². The van der Waals surface area contributed by atoms with Gasteiger partial charge < -0.3 is 14.8 Å². The first-order valence-corrected chi connectivity index (χ1v) is 5.99. The molecule has 0 aliphatic carbocycles. The Morgan fingerprint density at radius 3 is 2.80 bits per heavy atom. The molecule has 1 aliphatic heterocycles. The fraction of sp³-hybridized carbons (Fsp3) is 1.00. The predicted molar refractivity (Wildman–Crippen MR) is 62.1 cm³/mol. The molecule has 0 saturated carbocycles. The lowest BCUT2D eigenvalue weighted by atomic mass is 9.82. The molecule has 1 rings (SSSR count). The summed E-state index contributed by atoms with van der Waals surface area (Å²) >= 11 is 0. The van der Waals surface area contributed by atoms with Crippen LogP contribution in [0.25, 0.3) is 0 Å². The summed E-state index contributed by atoms with van der Waals surface area (Å²) in [7, 11) is 1.77. The number of nitrogens with one attached hydrogen (secondary N) is 1. The highest BCUT2D eigenvalue weighted by Gasteiger charge is 2.34. The van der Waals surface area contributed by atoms with Gasteiger partial charge in [-0.1, -0.05) is 13.8 Å². The molecule has 0 radical (unpaired) electrons. The largest absolute Gasteiger partial charge is 0.385 e. The number of methoxy groups -OCH3 is 1. The van der Waals surface area contributed by atoms with Crippen LogP contribution in [0, 0.1) is 5.41 Å². The Kier molecular flexibility index (Phi) is 5.58. The maximum Gasteiger partial charge on any atom is 0.0535 e. The summed E-state index contributed by atoms with van der Waals surface area (Å²) in [5.41, 5.74) is 0.364. The van der Waals surface area contributed by atoms with Crippen LogP contribution in [0.3, 0.4) is 0 Å². The molecule has 0 bridgehead atoms. The minimum absolute atomic E-state index is 0.364.